The van der Waals surface area contributed by atoms with E-state index in [2.05, 4.69) is 10.6 Å². The van der Waals surface area contributed by atoms with Gasteiger partial charge in [-0.1, -0.05) is 40.9 Å². The van der Waals surface area contributed by atoms with Gasteiger partial charge in [0.1, 0.15) is 13.2 Å². The summed E-state index contributed by atoms with van der Waals surface area (Å²) in [4.78, 5) is 25.6. The molecule has 0 unspecified atom stereocenters. The fourth-order valence-electron chi connectivity index (χ4n) is 3.84. The van der Waals surface area contributed by atoms with Crippen LogP contribution < -0.4 is 10.6 Å². The fourth-order valence-corrected chi connectivity index (χ4v) is 5.49. The second-order valence-electron chi connectivity index (χ2n) is 8.53. The van der Waals surface area contributed by atoms with Crippen molar-refractivity contribution in [3.8, 4) is 0 Å². The molecule has 0 aromatic rings. The molecular weight excluding hydrogens is 454 g/mol. The van der Waals surface area contributed by atoms with Gasteiger partial charge < -0.3 is 34.5 Å². The first-order valence-electron chi connectivity index (χ1n) is 11.4. The zero-order chi connectivity index (χ0) is 23.2. The molecule has 1 saturated carbocycles. The fraction of sp³-hybridized carbons (Fsp3) is 0.905. The maximum Gasteiger partial charge on any atom is 0.407 e. The van der Waals surface area contributed by atoms with Gasteiger partial charge in [0.2, 0.25) is 0 Å². The van der Waals surface area contributed by atoms with Crippen molar-refractivity contribution in [2.24, 2.45) is 5.41 Å². The van der Waals surface area contributed by atoms with Crippen LogP contribution in [0.25, 0.3) is 0 Å². The maximum absolute atomic E-state index is 12.1. The smallest absolute Gasteiger partial charge is 0.407 e. The summed E-state index contributed by atoms with van der Waals surface area (Å²) >= 11 is 0. The summed E-state index contributed by atoms with van der Waals surface area (Å²) in [7, 11) is 7.08. The molecule has 2 amide bonds. The molecule has 1 heterocycles. The molecule has 11 heteroatoms. The van der Waals surface area contributed by atoms with Crippen LogP contribution in [0.2, 0.25) is 0 Å². The van der Waals surface area contributed by atoms with E-state index < -0.39 is 6.09 Å². The molecule has 0 radical (unpaired) electrons. The van der Waals surface area contributed by atoms with Gasteiger partial charge in [0.05, 0.1) is 0 Å². The van der Waals surface area contributed by atoms with Crippen LogP contribution in [0.3, 0.4) is 0 Å². The standard InChI is InChI=1S/C21H39N3O6S2/c1-17-29-18(30-17)15-21(7-5-4-6-8-21)16-23-20(26)28-12-14-32-31-13-11-27-19(25)22-9-10-24(2)3/h17-18H,4-16H2,1-3H3,(H,22,25)(H,23,26). The lowest BCUT2D eigenvalue weighted by atomic mass is 9.71. The molecule has 1 aliphatic heterocycles. The Kier molecular flexibility index (Phi) is 12.9. The molecular formula is C21H39N3O6S2. The zero-order valence-corrected chi connectivity index (χ0v) is 21.2. The lowest BCUT2D eigenvalue weighted by Gasteiger charge is -2.43. The summed E-state index contributed by atoms with van der Waals surface area (Å²) in [5, 5.41) is 5.65. The molecule has 1 aliphatic carbocycles. The highest BCUT2D eigenvalue weighted by Gasteiger charge is 2.39. The Bertz CT molecular complexity index is 558. The Hall–Kier alpha value is -0.880. The molecule has 0 aromatic heterocycles. The van der Waals surface area contributed by atoms with Crippen LogP contribution in [0.5, 0.6) is 0 Å². The largest absolute Gasteiger partial charge is 0.449 e. The molecule has 2 rings (SSSR count). The van der Waals surface area contributed by atoms with Gasteiger partial charge in [-0.15, -0.1) is 0 Å². The summed E-state index contributed by atoms with van der Waals surface area (Å²) in [6, 6.07) is 0. The average molecular weight is 494 g/mol. The van der Waals surface area contributed by atoms with Gasteiger partial charge in [-0.05, 0) is 39.3 Å². The van der Waals surface area contributed by atoms with Crippen LogP contribution in [0.4, 0.5) is 9.59 Å². The van der Waals surface area contributed by atoms with Crippen molar-refractivity contribution in [3.05, 3.63) is 0 Å². The monoisotopic (exact) mass is 493 g/mol. The Morgan fingerprint density at radius 2 is 1.59 bits per heavy atom. The van der Waals surface area contributed by atoms with Crippen molar-refractivity contribution in [1.82, 2.24) is 15.5 Å². The number of nitrogens with zero attached hydrogens (tertiary/aromatic N) is 1. The highest BCUT2D eigenvalue weighted by atomic mass is 33.1. The van der Waals surface area contributed by atoms with E-state index in [1.807, 2.05) is 25.9 Å². The molecule has 0 spiro atoms. The van der Waals surface area contributed by atoms with Crippen LogP contribution in [-0.4, -0.2) is 88.1 Å². The Balaban J connectivity index is 1.47. The number of carbonyl (C=O) groups is 2. The second-order valence-corrected chi connectivity index (χ2v) is 11.2. The topological polar surface area (TPSA) is 98.4 Å². The van der Waals surface area contributed by atoms with Gasteiger partial charge >= 0.3 is 12.2 Å². The molecule has 2 fully saturated rings. The number of likely N-dealkylation sites (N-methyl/N-ethyl adjacent to an activating group) is 1. The minimum Gasteiger partial charge on any atom is -0.449 e. The number of nitrogens with one attached hydrogen (secondary N) is 2. The second kappa shape index (κ2) is 15.1. The molecule has 32 heavy (non-hydrogen) atoms. The molecule has 186 valence electrons. The predicted octanol–water partition coefficient (Wildman–Crippen LogP) is 3.44. The van der Waals surface area contributed by atoms with Gasteiger partial charge in [0.25, 0.3) is 0 Å². The van der Waals surface area contributed by atoms with Gasteiger partial charge in [0, 0.05) is 37.6 Å². The van der Waals surface area contributed by atoms with E-state index in [1.54, 1.807) is 21.6 Å². The van der Waals surface area contributed by atoms with E-state index in [1.165, 1.54) is 19.3 Å². The lowest BCUT2D eigenvalue weighted by Crippen LogP contribution is -2.47. The van der Waals surface area contributed by atoms with Crippen LogP contribution in [0, 0.1) is 5.41 Å². The first-order chi connectivity index (χ1) is 15.4. The molecule has 0 bridgehead atoms. The first-order valence-corrected chi connectivity index (χ1v) is 13.9. The molecule has 2 aliphatic rings. The first kappa shape index (κ1) is 27.4. The van der Waals surface area contributed by atoms with Crippen molar-refractivity contribution in [2.45, 2.75) is 58.0 Å². The van der Waals surface area contributed by atoms with Crippen molar-refractivity contribution < 1.29 is 28.5 Å². The van der Waals surface area contributed by atoms with Crippen molar-refractivity contribution in [3.63, 3.8) is 0 Å². The molecule has 1 saturated heterocycles. The van der Waals surface area contributed by atoms with E-state index in [-0.39, 0.29) is 24.1 Å². The lowest BCUT2D eigenvalue weighted by molar-refractivity contribution is -0.383. The van der Waals surface area contributed by atoms with E-state index >= 15 is 0 Å². The summed E-state index contributed by atoms with van der Waals surface area (Å²) in [5.41, 5.74) is 0.0332. The van der Waals surface area contributed by atoms with E-state index in [4.69, 9.17) is 18.9 Å². The molecule has 9 nitrogen and oxygen atoms in total. The van der Waals surface area contributed by atoms with Crippen LogP contribution >= 0.6 is 21.6 Å². The molecule has 2 N–H and O–H groups in total. The predicted molar refractivity (Wildman–Crippen MR) is 128 cm³/mol. The minimum absolute atomic E-state index is 0.0332. The number of carbonyl (C=O) groups excluding carboxylic acids is 2. The summed E-state index contributed by atoms with van der Waals surface area (Å²) in [5.74, 6) is 1.37. The zero-order valence-electron chi connectivity index (χ0n) is 19.6. The van der Waals surface area contributed by atoms with Gasteiger partial charge in [-0.2, -0.15) is 0 Å². The molecule has 0 aromatic carbocycles. The summed E-state index contributed by atoms with van der Waals surface area (Å²) in [6.07, 6.45) is 5.53. The molecule has 0 atom stereocenters. The van der Waals surface area contributed by atoms with Gasteiger partial charge in [-0.25, -0.2) is 9.59 Å². The van der Waals surface area contributed by atoms with Crippen molar-refractivity contribution in [2.75, 3.05) is 58.4 Å². The third kappa shape index (κ3) is 11.3. The Morgan fingerprint density at radius 3 is 2.16 bits per heavy atom. The van der Waals surface area contributed by atoms with Crippen molar-refractivity contribution in [1.29, 1.82) is 0 Å². The third-order valence-electron chi connectivity index (χ3n) is 5.52. The van der Waals surface area contributed by atoms with Gasteiger partial charge in [-0.3, -0.25) is 0 Å². The maximum atomic E-state index is 12.1. The van der Waals surface area contributed by atoms with E-state index in [0.717, 1.165) is 25.8 Å². The number of alkyl carbamates (subject to hydrolysis) is 2. The van der Waals surface area contributed by atoms with Crippen molar-refractivity contribution >= 4 is 33.8 Å². The number of hydrogen-bond donors (Lipinski definition) is 2. The van der Waals surface area contributed by atoms with Crippen LogP contribution in [-0.2, 0) is 18.9 Å². The number of rotatable bonds is 14. The van der Waals surface area contributed by atoms with E-state index in [9.17, 15) is 9.59 Å². The SMILES string of the molecule is CC1OC(CC2(CNC(=O)OCCSSCCOC(=O)NCCN(C)C)CCCCC2)O1. The quantitative estimate of drug-likeness (QED) is 0.278. The number of amides is 2. The van der Waals surface area contributed by atoms with Gasteiger partial charge in [0.15, 0.2) is 12.6 Å². The summed E-state index contributed by atoms with van der Waals surface area (Å²) < 4.78 is 21.7. The highest BCUT2D eigenvalue weighted by molar-refractivity contribution is 8.76. The van der Waals surface area contributed by atoms with Crippen LogP contribution in [0.15, 0.2) is 0 Å². The minimum atomic E-state index is -0.391. The highest BCUT2D eigenvalue weighted by Crippen LogP contribution is 2.42. The Labute approximate surface area is 199 Å². The van der Waals surface area contributed by atoms with E-state index in [0.29, 0.717) is 37.8 Å². The Morgan fingerprint density at radius 1 is 1.00 bits per heavy atom. The average Bonchev–Trinajstić information content (AvgIpc) is 2.73. The third-order valence-corrected chi connectivity index (χ3v) is 7.85. The number of hydrogen-bond acceptors (Lipinski definition) is 9. The number of ether oxygens (including phenoxy) is 4. The van der Waals surface area contributed by atoms with Crippen LogP contribution in [0.1, 0.15) is 45.4 Å². The normalized spacial score (nSPS) is 22.1. The summed E-state index contributed by atoms with van der Waals surface area (Å²) in [6.45, 7) is 4.52.